The largest absolute Gasteiger partial charge is 0.352 e. The molecular formula is C21H26FN3O4S2. The van der Waals surface area contributed by atoms with Gasteiger partial charge in [-0.05, 0) is 50.6 Å². The molecule has 31 heavy (non-hydrogen) atoms. The molecule has 1 aliphatic rings. The summed E-state index contributed by atoms with van der Waals surface area (Å²) >= 11 is 1.46. The maximum absolute atomic E-state index is 12.9. The summed E-state index contributed by atoms with van der Waals surface area (Å²) in [5, 5.41) is 2.71. The van der Waals surface area contributed by atoms with E-state index < -0.39 is 15.8 Å². The van der Waals surface area contributed by atoms with Gasteiger partial charge in [0.25, 0.3) is 5.91 Å². The van der Waals surface area contributed by atoms with Crippen molar-refractivity contribution in [3.63, 3.8) is 0 Å². The first-order valence-corrected chi connectivity index (χ1v) is 12.3. The lowest BCUT2D eigenvalue weighted by molar-refractivity contribution is -0.132. The molecule has 2 amide bonds. The summed E-state index contributed by atoms with van der Waals surface area (Å²) in [6, 6.07) is 6.95. The second-order valence-electron chi connectivity index (χ2n) is 7.43. The minimum Gasteiger partial charge on any atom is -0.352 e. The Hall–Kier alpha value is -2.30. The molecule has 7 nitrogen and oxygen atoms in total. The van der Waals surface area contributed by atoms with Crippen molar-refractivity contribution in [1.82, 2.24) is 14.5 Å². The summed E-state index contributed by atoms with van der Waals surface area (Å²) in [4.78, 5) is 28.2. The number of amides is 2. The van der Waals surface area contributed by atoms with Gasteiger partial charge in [-0.1, -0.05) is 0 Å². The number of piperazine rings is 1. The zero-order valence-electron chi connectivity index (χ0n) is 17.6. The van der Waals surface area contributed by atoms with E-state index in [2.05, 4.69) is 5.32 Å². The molecule has 1 aliphatic heterocycles. The fourth-order valence-corrected chi connectivity index (χ4v) is 6.43. The summed E-state index contributed by atoms with van der Waals surface area (Å²) in [5.74, 6) is -0.781. The van der Waals surface area contributed by atoms with E-state index in [1.54, 1.807) is 17.9 Å². The predicted molar refractivity (Wildman–Crippen MR) is 117 cm³/mol. The molecule has 2 heterocycles. The van der Waals surface area contributed by atoms with Crippen molar-refractivity contribution in [3.05, 3.63) is 51.5 Å². The van der Waals surface area contributed by atoms with Gasteiger partial charge in [0.05, 0.1) is 4.90 Å². The van der Waals surface area contributed by atoms with Crippen LogP contribution >= 0.6 is 11.3 Å². The molecule has 1 saturated heterocycles. The Morgan fingerprint density at radius 1 is 1.10 bits per heavy atom. The Bertz CT molecular complexity index is 1040. The molecule has 168 valence electrons. The molecule has 1 N–H and O–H groups in total. The molecule has 2 aromatic rings. The SMILES string of the molecule is Cc1cc(S(=O)(=O)N2CCN(C(=O)CCCNC(=O)c3ccc(F)cc3)CC2)c(C)s1. The van der Waals surface area contributed by atoms with Gasteiger partial charge in [0.2, 0.25) is 15.9 Å². The van der Waals surface area contributed by atoms with Crippen molar-refractivity contribution in [1.29, 1.82) is 0 Å². The van der Waals surface area contributed by atoms with Crippen LogP contribution in [0.5, 0.6) is 0 Å². The zero-order chi connectivity index (χ0) is 22.6. The Morgan fingerprint density at radius 2 is 1.74 bits per heavy atom. The molecule has 0 radical (unpaired) electrons. The van der Waals surface area contributed by atoms with Crippen LogP contribution in [0.2, 0.25) is 0 Å². The first-order valence-electron chi connectivity index (χ1n) is 10.1. The van der Waals surface area contributed by atoms with Crippen LogP contribution in [0, 0.1) is 19.7 Å². The molecular weight excluding hydrogens is 441 g/mol. The summed E-state index contributed by atoms with van der Waals surface area (Å²) in [5.41, 5.74) is 0.362. The maximum atomic E-state index is 12.9. The van der Waals surface area contributed by atoms with E-state index in [9.17, 15) is 22.4 Å². The number of benzene rings is 1. The molecule has 3 rings (SSSR count). The average Bonchev–Trinajstić information content (AvgIpc) is 3.10. The van der Waals surface area contributed by atoms with Crippen molar-refractivity contribution in [2.24, 2.45) is 0 Å². The van der Waals surface area contributed by atoms with Gasteiger partial charge in [-0.15, -0.1) is 11.3 Å². The lowest BCUT2D eigenvalue weighted by atomic mass is 10.2. The quantitative estimate of drug-likeness (QED) is 0.634. The minimum absolute atomic E-state index is 0.0596. The highest BCUT2D eigenvalue weighted by Gasteiger charge is 2.31. The van der Waals surface area contributed by atoms with Crippen molar-refractivity contribution >= 4 is 33.2 Å². The standard InChI is InChI=1S/C21H26FN3O4S2/c1-15-14-19(16(2)30-15)31(28,29)25-12-10-24(11-13-25)20(26)4-3-9-23-21(27)17-5-7-18(22)8-6-17/h5-8,14H,3-4,9-13H2,1-2H3,(H,23,27). The molecule has 10 heteroatoms. The van der Waals surface area contributed by atoms with Crippen LogP contribution in [-0.4, -0.2) is 62.2 Å². The predicted octanol–water partition coefficient (Wildman–Crippen LogP) is 2.55. The van der Waals surface area contributed by atoms with Gasteiger partial charge in [-0.25, -0.2) is 12.8 Å². The number of sulfonamides is 1. The van der Waals surface area contributed by atoms with E-state index in [4.69, 9.17) is 0 Å². The number of thiophene rings is 1. The number of nitrogens with zero attached hydrogens (tertiary/aromatic N) is 2. The summed E-state index contributed by atoms with van der Waals surface area (Å²) in [6.07, 6.45) is 0.733. The molecule has 0 saturated carbocycles. The molecule has 1 aromatic carbocycles. The molecule has 0 aliphatic carbocycles. The van der Waals surface area contributed by atoms with E-state index >= 15 is 0 Å². The van der Waals surface area contributed by atoms with Crippen LogP contribution in [0.3, 0.4) is 0 Å². The van der Waals surface area contributed by atoms with E-state index in [1.165, 1.54) is 39.9 Å². The van der Waals surface area contributed by atoms with E-state index in [1.807, 2.05) is 6.92 Å². The van der Waals surface area contributed by atoms with E-state index in [0.29, 0.717) is 36.5 Å². The topological polar surface area (TPSA) is 86.8 Å². The molecule has 1 aromatic heterocycles. The third-order valence-electron chi connectivity index (χ3n) is 5.16. The number of nitrogens with one attached hydrogen (secondary N) is 1. The Kier molecular flexibility index (Phi) is 7.45. The molecule has 0 spiro atoms. The summed E-state index contributed by atoms with van der Waals surface area (Å²) < 4.78 is 40.1. The van der Waals surface area contributed by atoms with Crippen molar-refractivity contribution in [3.8, 4) is 0 Å². The molecule has 0 unspecified atom stereocenters. The molecule has 0 atom stereocenters. The normalized spacial score (nSPS) is 15.1. The Balaban J connectivity index is 1.42. The van der Waals surface area contributed by atoms with Crippen molar-refractivity contribution < 1.29 is 22.4 Å². The number of aryl methyl sites for hydroxylation is 2. The zero-order valence-corrected chi connectivity index (χ0v) is 19.2. The number of hydrogen-bond acceptors (Lipinski definition) is 5. The average molecular weight is 468 g/mol. The lowest BCUT2D eigenvalue weighted by Crippen LogP contribution is -2.50. The van der Waals surface area contributed by atoms with Crippen LogP contribution in [-0.2, 0) is 14.8 Å². The number of carbonyl (C=O) groups excluding carboxylic acids is 2. The van der Waals surface area contributed by atoms with Gasteiger partial charge in [0, 0.05) is 54.5 Å². The number of rotatable bonds is 7. The van der Waals surface area contributed by atoms with Crippen molar-refractivity contribution in [2.75, 3.05) is 32.7 Å². The summed E-state index contributed by atoms with van der Waals surface area (Å²) in [7, 11) is -3.55. The maximum Gasteiger partial charge on any atom is 0.251 e. The second-order valence-corrected chi connectivity index (χ2v) is 10.8. The number of carbonyl (C=O) groups is 2. The van der Waals surface area contributed by atoms with Gasteiger partial charge in [-0.3, -0.25) is 9.59 Å². The van der Waals surface area contributed by atoms with Crippen molar-refractivity contribution in [2.45, 2.75) is 31.6 Å². The Morgan fingerprint density at radius 3 is 2.32 bits per heavy atom. The first kappa shape index (κ1) is 23.4. The van der Waals surface area contributed by atoms with E-state index in [0.717, 1.165) is 9.75 Å². The fourth-order valence-electron chi connectivity index (χ4n) is 3.48. The lowest BCUT2D eigenvalue weighted by Gasteiger charge is -2.34. The highest BCUT2D eigenvalue weighted by atomic mass is 32.2. The van der Waals surface area contributed by atoms with Gasteiger partial charge in [-0.2, -0.15) is 4.31 Å². The summed E-state index contributed by atoms with van der Waals surface area (Å²) in [6.45, 7) is 5.25. The van der Waals surface area contributed by atoms with Gasteiger partial charge >= 0.3 is 0 Å². The van der Waals surface area contributed by atoms with Crippen LogP contribution < -0.4 is 5.32 Å². The first-order chi connectivity index (χ1) is 14.7. The number of hydrogen-bond donors (Lipinski definition) is 1. The van der Waals surface area contributed by atoms with Gasteiger partial charge in [0.15, 0.2) is 0 Å². The Labute approximate surface area is 185 Å². The fraction of sp³-hybridized carbons (Fsp3) is 0.429. The van der Waals surface area contributed by atoms with Crippen LogP contribution in [0.15, 0.2) is 35.2 Å². The minimum atomic E-state index is -3.55. The third kappa shape index (κ3) is 5.69. The molecule has 1 fully saturated rings. The van der Waals surface area contributed by atoms with Gasteiger partial charge < -0.3 is 10.2 Å². The second kappa shape index (κ2) is 9.88. The van der Waals surface area contributed by atoms with Crippen LogP contribution in [0.1, 0.15) is 33.0 Å². The molecule has 0 bridgehead atoms. The van der Waals surface area contributed by atoms with Crippen LogP contribution in [0.25, 0.3) is 0 Å². The van der Waals surface area contributed by atoms with Gasteiger partial charge in [0.1, 0.15) is 5.82 Å². The monoisotopic (exact) mass is 467 g/mol. The van der Waals surface area contributed by atoms with E-state index in [-0.39, 0.29) is 31.3 Å². The smallest absolute Gasteiger partial charge is 0.251 e. The highest BCUT2D eigenvalue weighted by Crippen LogP contribution is 2.28. The van der Waals surface area contributed by atoms with Crippen LogP contribution in [0.4, 0.5) is 4.39 Å². The third-order valence-corrected chi connectivity index (χ3v) is 8.28. The highest BCUT2D eigenvalue weighted by molar-refractivity contribution is 7.89. The number of halogens is 1.